The number of nitrogens with zero attached hydrogens (tertiary/aromatic N) is 2. The monoisotopic (exact) mass is 452 g/mol. The SMILES string of the molecule is Cc1ccc(-c2ccsc2C(=O)N2CCN(S(=O)(=O)/C=C/c3ccccc3)CC2)cc1. The topological polar surface area (TPSA) is 57.7 Å². The van der Waals surface area contributed by atoms with Gasteiger partial charge >= 0.3 is 0 Å². The minimum Gasteiger partial charge on any atom is -0.335 e. The van der Waals surface area contributed by atoms with Crippen molar-refractivity contribution in [2.75, 3.05) is 26.2 Å². The molecule has 7 heteroatoms. The molecule has 0 unspecified atom stereocenters. The van der Waals surface area contributed by atoms with E-state index in [0.717, 1.165) is 16.7 Å². The first kappa shape index (κ1) is 21.5. The van der Waals surface area contributed by atoms with Crippen LogP contribution in [0.1, 0.15) is 20.8 Å². The number of hydrogen-bond acceptors (Lipinski definition) is 4. The Morgan fingerprint density at radius 3 is 2.29 bits per heavy atom. The van der Waals surface area contributed by atoms with E-state index in [1.165, 1.54) is 26.6 Å². The molecule has 0 saturated carbocycles. The van der Waals surface area contributed by atoms with Crippen LogP contribution in [0.4, 0.5) is 0 Å². The second-order valence-electron chi connectivity index (χ2n) is 7.48. The number of amides is 1. The zero-order valence-electron chi connectivity index (χ0n) is 17.3. The number of rotatable bonds is 5. The van der Waals surface area contributed by atoms with Gasteiger partial charge in [-0.15, -0.1) is 11.3 Å². The number of hydrogen-bond donors (Lipinski definition) is 0. The van der Waals surface area contributed by atoms with E-state index < -0.39 is 10.0 Å². The first-order valence-corrected chi connectivity index (χ1v) is 12.5. The lowest BCUT2D eigenvalue weighted by molar-refractivity contribution is 0.0704. The molecule has 1 aromatic heterocycles. The number of thiophene rings is 1. The van der Waals surface area contributed by atoms with E-state index in [2.05, 4.69) is 0 Å². The van der Waals surface area contributed by atoms with Gasteiger partial charge in [0.2, 0.25) is 10.0 Å². The molecule has 0 bridgehead atoms. The van der Waals surface area contributed by atoms with E-state index in [1.807, 2.05) is 73.0 Å². The Kier molecular flexibility index (Phi) is 6.36. The quantitative estimate of drug-likeness (QED) is 0.573. The van der Waals surface area contributed by atoms with Gasteiger partial charge in [0.05, 0.1) is 4.88 Å². The van der Waals surface area contributed by atoms with Gasteiger partial charge in [-0.3, -0.25) is 4.79 Å². The fourth-order valence-electron chi connectivity index (χ4n) is 3.54. The van der Waals surface area contributed by atoms with Crippen molar-refractivity contribution in [2.45, 2.75) is 6.92 Å². The van der Waals surface area contributed by atoms with Gasteiger partial charge in [0.25, 0.3) is 5.91 Å². The van der Waals surface area contributed by atoms with E-state index in [0.29, 0.717) is 31.1 Å². The van der Waals surface area contributed by atoms with Crippen LogP contribution in [0.15, 0.2) is 71.5 Å². The summed E-state index contributed by atoms with van der Waals surface area (Å²) >= 11 is 1.43. The van der Waals surface area contributed by atoms with Crippen LogP contribution in [0.3, 0.4) is 0 Å². The predicted molar refractivity (Wildman–Crippen MR) is 126 cm³/mol. The minimum atomic E-state index is -3.52. The third-order valence-electron chi connectivity index (χ3n) is 5.34. The van der Waals surface area contributed by atoms with Crippen LogP contribution < -0.4 is 0 Å². The van der Waals surface area contributed by atoms with E-state index in [9.17, 15) is 13.2 Å². The zero-order chi connectivity index (χ0) is 21.8. The maximum Gasteiger partial charge on any atom is 0.264 e. The van der Waals surface area contributed by atoms with Crippen molar-refractivity contribution in [3.63, 3.8) is 0 Å². The smallest absolute Gasteiger partial charge is 0.264 e. The van der Waals surface area contributed by atoms with Crippen molar-refractivity contribution in [1.82, 2.24) is 9.21 Å². The van der Waals surface area contributed by atoms with E-state index >= 15 is 0 Å². The summed E-state index contributed by atoms with van der Waals surface area (Å²) in [5.41, 5.74) is 3.95. The Bertz CT molecular complexity index is 1180. The number of piperazine rings is 1. The van der Waals surface area contributed by atoms with E-state index in [4.69, 9.17) is 0 Å². The van der Waals surface area contributed by atoms with Gasteiger partial charge in [-0.25, -0.2) is 8.42 Å². The Labute approximate surface area is 187 Å². The summed E-state index contributed by atoms with van der Waals surface area (Å²) in [5, 5.41) is 3.17. The molecule has 160 valence electrons. The minimum absolute atomic E-state index is 0.0394. The zero-order valence-corrected chi connectivity index (χ0v) is 18.9. The first-order valence-electron chi connectivity index (χ1n) is 10.1. The molecule has 31 heavy (non-hydrogen) atoms. The van der Waals surface area contributed by atoms with Gasteiger partial charge in [0.1, 0.15) is 0 Å². The standard InChI is InChI=1S/C24H24N2O3S2/c1-19-7-9-21(10-8-19)22-11-17-30-23(22)24(27)25-13-15-26(16-14-25)31(28,29)18-12-20-5-3-2-4-6-20/h2-12,17-18H,13-16H2,1H3/b18-12+. The third kappa shape index (κ3) is 4.95. The van der Waals surface area contributed by atoms with Crippen molar-refractivity contribution in [1.29, 1.82) is 0 Å². The fourth-order valence-corrected chi connectivity index (χ4v) is 5.60. The molecule has 0 aliphatic carbocycles. The van der Waals surface area contributed by atoms with Crippen molar-refractivity contribution in [2.24, 2.45) is 0 Å². The maximum atomic E-state index is 13.1. The van der Waals surface area contributed by atoms with Crippen molar-refractivity contribution >= 4 is 33.3 Å². The summed E-state index contributed by atoms with van der Waals surface area (Å²) in [7, 11) is -3.52. The van der Waals surface area contributed by atoms with Gasteiger partial charge in [-0.1, -0.05) is 60.2 Å². The molecule has 1 fully saturated rings. The highest BCUT2D eigenvalue weighted by molar-refractivity contribution is 7.92. The van der Waals surface area contributed by atoms with Gasteiger partial charge in [0.15, 0.2) is 0 Å². The largest absolute Gasteiger partial charge is 0.335 e. The van der Waals surface area contributed by atoms with Crippen molar-refractivity contribution < 1.29 is 13.2 Å². The molecule has 0 atom stereocenters. The molecule has 0 radical (unpaired) electrons. The summed E-state index contributed by atoms with van der Waals surface area (Å²) < 4.78 is 26.8. The summed E-state index contributed by atoms with van der Waals surface area (Å²) in [4.78, 5) is 15.6. The number of benzene rings is 2. The molecule has 2 heterocycles. The lowest BCUT2D eigenvalue weighted by atomic mass is 10.0. The van der Waals surface area contributed by atoms with Crippen molar-refractivity contribution in [3.05, 3.63) is 87.5 Å². The molecule has 5 nitrogen and oxygen atoms in total. The number of carbonyl (C=O) groups is 1. The van der Waals surface area contributed by atoms with Crippen LogP contribution in [-0.4, -0.2) is 49.7 Å². The summed E-state index contributed by atoms with van der Waals surface area (Å²) in [6.45, 7) is 3.37. The van der Waals surface area contributed by atoms with Crippen LogP contribution >= 0.6 is 11.3 Å². The average molecular weight is 453 g/mol. The predicted octanol–water partition coefficient (Wildman–Crippen LogP) is 4.48. The van der Waals surface area contributed by atoms with Crippen LogP contribution in [0.25, 0.3) is 17.2 Å². The Hall–Kier alpha value is -2.74. The van der Waals surface area contributed by atoms with Crippen molar-refractivity contribution in [3.8, 4) is 11.1 Å². The molecule has 0 spiro atoms. The average Bonchev–Trinajstić information content (AvgIpc) is 3.28. The second-order valence-corrected chi connectivity index (χ2v) is 10.2. The highest BCUT2D eigenvalue weighted by Crippen LogP contribution is 2.30. The molecular weight excluding hydrogens is 428 g/mol. The van der Waals surface area contributed by atoms with Gasteiger partial charge in [-0.05, 0) is 35.6 Å². The molecule has 3 aromatic rings. The van der Waals surface area contributed by atoms with E-state index in [1.54, 1.807) is 11.0 Å². The summed E-state index contributed by atoms with van der Waals surface area (Å²) in [5.74, 6) is -0.0394. The summed E-state index contributed by atoms with van der Waals surface area (Å²) in [6, 6.07) is 19.4. The molecule has 4 rings (SSSR count). The van der Waals surface area contributed by atoms with Gasteiger partial charge in [-0.2, -0.15) is 4.31 Å². The summed E-state index contributed by atoms with van der Waals surface area (Å²) in [6.07, 6.45) is 1.60. The third-order valence-corrected chi connectivity index (χ3v) is 7.81. The molecule has 1 saturated heterocycles. The molecule has 1 amide bonds. The van der Waals surface area contributed by atoms with Crippen LogP contribution in [0.5, 0.6) is 0 Å². The van der Waals surface area contributed by atoms with Gasteiger partial charge in [0, 0.05) is 37.2 Å². The fraction of sp³-hybridized carbons (Fsp3) is 0.208. The Morgan fingerprint density at radius 2 is 1.61 bits per heavy atom. The molecule has 1 aliphatic rings. The first-order chi connectivity index (χ1) is 14.9. The lowest BCUT2D eigenvalue weighted by Gasteiger charge is -2.33. The molecule has 0 N–H and O–H groups in total. The lowest BCUT2D eigenvalue weighted by Crippen LogP contribution is -2.50. The van der Waals surface area contributed by atoms with E-state index in [-0.39, 0.29) is 5.91 Å². The molecule has 1 aliphatic heterocycles. The number of carbonyl (C=O) groups excluding carboxylic acids is 1. The number of sulfonamides is 1. The Morgan fingerprint density at radius 1 is 0.935 bits per heavy atom. The molecular formula is C24H24N2O3S2. The highest BCUT2D eigenvalue weighted by Gasteiger charge is 2.29. The highest BCUT2D eigenvalue weighted by atomic mass is 32.2. The maximum absolute atomic E-state index is 13.1. The van der Waals surface area contributed by atoms with Crippen LogP contribution in [-0.2, 0) is 10.0 Å². The normalized spacial score (nSPS) is 15.5. The number of aryl methyl sites for hydroxylation is 1. The second kappa shape index (κ2) is 9.18. The van der Waals surface area contributed by atoms with Crippen LogP contribution in [0, 0.1) is 6.92 Å². The van der Waals surface area contributed by atoms with Gasteiger partial charge < -0.3 is 4.90 Å². The molecule has 2 aromatic carbocycles. The Balaban J connectivity index is 1.42. The van der Waals surface area contributed by atoms with Crippen LogP contribution in [0.2, 0.25) is 0 Å².